The zero-order valence-corrected chi connectivity index (χ0v) is 22.3. The molecule has 3 rings (SSSR count). The molecule has 0 spiro atoms. The average Bonchev–Trinajstić information content (AvgIpc) is 2.83. The van der Waals surface area contributed by atoms with Crippen LogP contribution in [0.3, 0.4) is 0 Å². The summed E-state index contributed by atoms with van der Waals surface area (Å²) in [6, 6.07) is 14.7. The number of nitrogens with zero attached hydrogens (tertiary/aromatic N) is 1. The van der Waals surface area contributed by atoms with Gasteiger partial charge in [0.25, 0.3) is 0 Å². The highest BCUT2D eigenvalue weighted by molar-refractivity contribution is 7.89. The number of sulfonamides is 1. The number of nitrogens with one attached hydrogen (secondary N) is 2. The normalized spacial score (nSPS) is 17.7. The van der Waals surface area contributed by atoms with Crippen molar-refractivity contribution in [2.75, 3.05) is 13.7 Å². The van der Waals surface area contributed by atoms with E-state index in [0.29, 0.717) is 31.4 Å². The molecule has 36 heavy (non-hydrogen) atoms. The Morgan fingerprint density at radius 1 is 1.03 bits per heavy atom. The molecule has 0 radical (unpaired) electrons. The van der Waals surface area contributed by atoms with Gasteiger partial charge in [-0.3, -0.25) is 9.59 Å². The van der Waals surface area contributed by atoms with Gasteiger partial charge in [-0.05, 0) is 48.1 Å². The molecule has 2 amide bonds. The molecule has 8 nitrogen and oxygen atoms in total. The number of hydrogen-bond acceptors (Lipinski definition) is 5. The van der Waals surface area contributed by atoms with E-state index >= 15 is 0 Å². The van der Waals surface area contributed by atoms with Crippen LogP contribution < -0.4 is 15.4 Å². The third-order valence-corrected chi connectivity index (χ3v) is 7.97. The third kappa shape index (κ3) is 7.54. The maximum Gasteiger partial charge on any atom is 0.243 e. The molecule has 2 aromatic carbocycles. The number of piperidine rings is 1. The van der Waals surface area contributed by atoms with Gasteiger partial charge in [0.05, 0.1) is 12.0 Å². The van der Waals surface area contributed by atoms with Crippen molar-refractivity contribution in [2.45, 2.75) is 70.0 Å². The maximum atomic E-state index is 13.5. The van der Waals surface area contributed by atoms with E-state index in [1.165, 1.54) is 16.4 Å². The number of carbonyl (C=O) groups excluding carboxylic acids is 2. The number of ether oxygens (including phenoxy) is 1. The first-order valence-electron chi connectivity index (χ1n) is 12.3. The topological polar surface area (TPSA) is 105 Å². The molecule has 2 N–H and O–H groups in total. The number of carbonyl (C=O) groups is 2. The molecule has 0 saturated carbocycles. The summed E-state index contributed by atoms with van der Waals surface area (Å²) in [4.78, 5) is 26.4. The van der Waals surface area contributed by atoms with Gasteiger partial charge < -0.3 is 15.4 Å². The zero-order valence-electron chi connectivity index (χ0n) is 21.5. The molecule has 0 bridgehead atoms. The predicted molar refractivity (Wildman–Crippen MR) is 139 cm³/mol. The lowest BCUT2D eigenvalue weighted by Gasteiger charge is -2.35. The number of hydrogen-bond donors (Lipinski definition) is 2. The molecule has 0 aliphatic carbocycles. The Labute approximate surface area is 214 Å². The van der Waals surface area contributed by atoms with E-state index in [4.69, 9.17) is 4.74 Å². The summed E-state index contributed by atoms with van der Waals surface area (Å²) >= 11 is 0. The molecule has 9 heteroatoms. The molecule has 1 saturated heterocycles. The summed E-state index contributed by atoms with van der Waals surface area (Å²) in [5, 5.41) is 5.86. The van der Waals surface area contributed by atoms with Crippen molar-refractivity contribution >= 4 is 21.8 Å². The van der Waals surface area contributed by atoms with Gasteiger partial charge in [0, 0.05) is 19.4 Å². The fourth-order valence-corrected chi connectivity index (χ4v) is 5.99. The predicted octanol–water partition coefficient (Wildman–Crippen LogP) is 3.48. The van der Waals surface area contributed by atoms with Crippen LogP contribution in [0.5, 0.6) is 5.75 Å². The van der Waals surface area contributed by atoms with Crippen molar-refractivity contribution in [1.82, 2.24) is 14.9 Å². The SMILES string of the molecule is COc1ccc(C[C@@H](NC(=O)CC(C)(C)C)NC(=O)C2CCCCN2S(=O)(=O)c2ccccc2)cc1. The third-order valence-electron chi connectivity index (χ3n) is 6.05. The molecule has 1 aliphatic heterocycles. The van der Waals surface area contributed by atoms with Crippen molar-refractivity contribution < 1.29 is 22.7 Å². The minimum atomic E-state index is -3.83. The van der Waals surface area contributed by atoms with Crippen LogP contribution in [0.4, 0.5) is 0 Å². The van der Waals surface area contributed by atoms with E-state index in [1.807, 2.05) is 45.0 Å². The van der Waals surface area contributed by atoms with Gasteiger partial charge in [-0.25, -0.2) is 8.42 Å². The van der Waals surface area contributed by atoms with Crippen molar-refractivity contribution in [3.05, 3.63) is 60.2 Å². The van der Waals surface area contributed by atoms with Crippen LogP contribution in [0.15, 0.2) is 59.5 Å². The average molecular weight is 516 g/mol. The lowest BCUT2D eigenvalue weighted by Crippen LogP contribution is -2.57. The van der Waals surface area contributed by atoms with Gasteiger partial charge in [-0.2, -0.15) is 4.31 Å². The fraction of sp³-hybridized carbons (Fsp3) is 0.481. The monoisotopic (exact) mass is 515 g/mol. The first kappa shape index (κ1) is 27.7. The van der Waals surface area contributed by atoms with Crippen molar-refractivity contribution in [1.29, 1.82) is 0 Å². The lowest BCUT2D eigenvalue weighted by molar-refractivity contribution is -0.128. The summed E-state index contributed by atoms with van der Waals surface area (Å²) in [6.45, 7) is 6.18. The van der Waals surface area contributed by atoms with Crippen LogP contribution in [-0.4, -0.2) is 50.4 Å². The van der Waals surface area contributed by atoms with E-state index in [-0.39, 0.29) is 22.8 Å². The highest BCUT2D eigenvalue weighted by Gasteiger charge is 2.38. The number of methoxy groups -OCH3 is 1. The standard InChI is InChI=1S/C27H37N3O5S/c1-27(2,3)19-25(31)28-24(18-20-13-15-21(35-4)16-14-20)29-26(32)23-12-8-9-17-30(23)36(33,34)22-10-6-5-7-11-22/h5-7,10-11,13-16,23-24H,8-9,12,17-19H2,1-4H3,(H,28,31)(H,29,32)/t23?,24-/m0/s1. The molecular formula is C27H37N3O5S. The quantitative estimate of drug-likeness (QED) is 0.498. The van der Waals surface area contributed by atoms with E-state index in [2.05, 4.69) is 10.6 Å². The van der Waals surface area contributed by atoms with Crippen LogP contribution in [0, 0.1) is 5.41 Å². The minimum Gasteiger partial charge on any atom is -0.497 e. The van der Waals surface area contributed by atoms with Crippen molar-refractivity contribution in [3.8, 4) is 5.75 Å². The van der Waals surface area contributed by atoms with Crippen LogP contribution in [-0.2, 0) is 26.0 Å². The summed E-state index contributed by atoms with van der Waals surface area (Å²) < 4.78 is 33.2. The summed E-state index contributed by atoms with van der Waals surface area (Å²) in [5.41, 5.74) is 0.678. The van der Waals surface area contributed by atoms with E-state index < -0.39 is 28.1 Å². The molecule has 0 aromatic heterocycles. The highest BCUT2D eigenvalue weighted by atomic mass is 32.2. The first-order valence-corrected chi connectivity index (χ1v) is 13.7. The second-order valence-electron chi connectivity index (χ2n) is 10.4. The zero-order chi connectivity index (χ0) is 26.3. The van der Waals surface area contributed by atoms with Crippen LogP contribution in [0.25, 0.3) is 0 Å². The van der Waals surface area contributed by atoms with Crippen LogP contribution in [0.1, 0.15) is 52.0 Å². The fourth-order valence-electron chi connectivity index (χ4n) is 4.31. The Balaban J connectivity index is 1.80. The van der Waals surface area contributed by atoms with Crippen LogP contribution in [0.2, 0.25) is 0 Å². The first-order chi connectivity index (χ1) is 17.0. The Morgan fingerprint density at radius 3 is 2.31 bits per heavy atom. The largest absolute Gasteiger partial charge is 0.497 e. The van der Waals surface area contributed by atoms with Gasteiger partial charge in [0.2, 0.25) is 21.8 Å². The van der Waals surface area contributed by atoms with Gasteiger partial charge >= 0.3 is 0 Å². The number of amides is 2. The van der Waals surface area contributed by atoms with Gasteiger partial charge in [0.15, 0.2) is 0 Å². The maximum absolute atomic E-state index is 13.5. The summed E-state index contributed by atoms with van der Waals surface area (Å²) in [6.07, 6.45) is 1.81. The molecule has 1 heterocycles. The molecule has 1 aliphatic rings. The summed E-state index contributed by atoms with van der Waals surface area (Å²) in [7, 11) is -2.25. The van der Waals surface area contributed by atoms with Crippen molar-refractivity contribution in [2.24, 2.45) is 5.41 Å². The lowest BCUT2D eigenvalue weighted by atomic mass is 9.92. The molecule has 196 valence electrons. The van der Waals surface area contributed by atoms with E-state index in [0.717, 1.165) is 12.0 Å². The molecule has 2 atom stereocenters. The van der Waals surface area contributed by atoms with Gasteiger partial charge in [-0.15, -0.1) is 0 Å². The number of benzene rings is 2. The van der Waals surface area contributed by atoms with Crippen molar-refractivity contribution in [3.63, 3.8) is 0 Å². The second kappa shape index (κ2) is 11.9. The molecular weight excluding hydrogens is 478 g/mol. The summed E-state index contributed by atoms with van der Waals surface area (Å²) in [5.74, 6) is 0.113. The Morgan fingerprint density at radius 2 is 1.69 bits per heavy atom. The van der Waals surface area contributed by atoms with E-state index in [9.17, 15) is 18.0 Å². The Kier molecular flexibility index (Phi) is 9.13. The minimum absolute atomic E-state index is 0.165. The smallest absolute Gasteiger partial charge is 0.243 e. The molecule has 1 fully saturated rings. The Bertz CT molecular complexity index is 1130. The Hall–Kier alpha value is -2.91. The van der Waals surface area contributed by atoms with Gasteiger partial charge in [-0.1, -0.05) is 57.5 Å². The number of rotatable bonds is 9. The molecule has 1 unspecified atom stereocenters. The highest BCUT2D eigenvalue weighted by Crippen LogP contribution is 2.26. The van der Waals surface area contributed by atoms with Gasteiger partial charge in [0.1, 0.15) is 18.0 Å². The van der Waals surface area contributed by atoms with E-state index in [1.54, 1.807) is 25.3 Å². The molecule has 2 aromatic rings. The second-order valence-corrected chi connectivity index (χ2v) is 12.2. The van der Waals surface area contributed by atoms with Crippen LogP contribution >= 0.6 is 0 Å².